The molecule has 0 saturated carbocycles. The normalized spacial score (nSPS) is 12.9. The van der Waals surface area contributed by atoms with Crippen molar-refractivity contribution in [3.05, 3.63) is 59.8 Å². The molecule has 0 saturated heterocycles. The van der Waals surface area contributed by atoms with Gasteiger partial charge in [0.25, 0.3) is 0 Å². The molecule has 2 aromatic rings. The highest BCUT2D eigenvalue weighted by atomic mass is 19.1. The van der Waals surface area contributed by atoms with Gasteiger partial charge in [-0.25, -0.2) is 9.38 Å². The number of hydrogen-bond donors (Lipinski definition) is 2. The molecule has 1 unspecified atom stereocenters. The number of aliphatic imine (C=N–C) groups is 1. The van der Waals surface area contributed by atoms with Gasteiger partial charge in [0.15, 0.2) is 5.96 Å². The summed E-state index contributed by atoms with van der Waals surface area (Å²) in [6, 6.07) is 10.7. The van der Waals surface area contributed by atoms with Crippen LogP contribution in [0.5, 0.6) is 0 Å². The number of halogens is 1. The number of hydrogen-bond acceptors (Lipinski definition) is 2. The van der Waals surface area contributed by atoms with Crippen LogP contribution in [0.3, 0.4) is 0 Å². The Morgan fingerprint density at radius 3 is 2.87 bits per heavy atom. The van der Waals surface area contributed by atoms with E-state index in [1.165, 1.54) is 12.1 Å². The zero-order valence-electron chi connectivity index (χ0n) is 13.7. The molecule has 1 heterocycles. The van der Waals surface area contributed by atoms with Gasteiger partial charge in [0.2, 0.25) is 0 Å². The first-order chi connectivity index (χ1) is 11.2. The Morgan fingerprint density at radius 1 is 1.30 bits per heavy atom. The van der Waals surface area contributed by atoms with Crippen LogP contribution >= 0.6 is 0 Å². The zero-order chi connectivity index (χ0) is 16.5. The van der Waals surface area contributed by atoms with Crippen LogP contribution in [0.1, 0.15) is 31.6 Å². The van der Waals surface area contributed by atoms with Crippen molar-refractivity contribution >= 4 is 5.96 Å². The maximum absolute atomic E-state index is 13.2. The van der Waals surface area contributed by atoms with Crippen molar-refractivity contribution in [3.8, 4) is 0 Å². The molecule has 4 nitrogen and oxygen atoms in total. The second kappa shape index (κ2) is 8.98. The lowest BCUT2D eigenvalue weighted by molar-refractivity contribution is 0.506. The van der Waals surface area contributed by atoms with E-state index in [1.54, 1.807) is 12.3 Å². The molecule has 1 aromatic carbocycles. The molecule has 2 N–H and O–H groups in total. The summed E-state index contributed by atoms with van der Waals surface area (Å²) in [6.45, 7) is 5.37. The first-order valence-corrected chi connectivity index (χ1v) is 7.99. The number of rotatable bonds is 7. The van der Waals surface area contributed by atoms with Gasteiger partial charge in [-0.05, 0) is 43.2 Å². The van der Waals surface area contributed by atoms with Crippen LogP contribution < -0.4 is 10.6 Å². The summed E-state index contributed by atoms with van der Waals surface area (Å²) in [5, 5.41) is 6.64. The summed E-state index contributed by atoms with van der Waals surface area (Å²) in [5.41, 5.74) is 0.848. The van der Waals surface area contributed by atoms with E-state index in [2.05, 4.69) is 29.5 Å². The molecule has 0 aliphatic heterocycles. The lowest BCUT2D eigenvalue weighted by Gasteiger charge is -2.17. The van der Waals surface area contributed by atoms with Crippen LogP contribution in [-0.2, 0) is 13.0 Å². The summed E-state index contributed by atoms with van der Waals surface area (Å²) in [5.74, 6) is 1.43. The molecular weight excluding hydrogens is 293 g/mol. The molecule has 0 aliphatic rings. The van der Waals surface area contributed by atoms with Crippen molar-refractivity contribution in [2.24, 2.45) is 4.99 Å². The smallest absolute Gasteiger partial charge is 0.191 e. The fraction of sp³-hybridized carbons (Fsp3) is 0.389. The summed E-state index contributed by atoms with van der Waals surface area (Å²) in [6.07, 6.45) is 3.46. The average Bonchev–Trinajstić information content (AvgIpc) is 3.05. The Morgan fingerprint density at radius 2 is 2.17 bits per heavy atom. The van der Waals surface area contributed by atoms with Crippen molar-refractivity contribution in [2.45, 2.75) is 39.3 Å². The van der Waals surface area contributed by atoms with E-state index >= 15 is 0 Å². The molecule has 0 aliphatic carbocycles. The van der Waals surface area contributed by atoms with E-state index in [1.807, 2.05) is 18.2 Å². The van der Waals surface area contributed by atoms with E-state index < -0.39 is 0 Å². The van der Waals surface area contributed by atoms with Crippen LogP contribution in [0.4, 0.5) is 4.39 Å². The number of nitrogens with one attached hydrogen (secondary N) is 2. The van der Waals surface area contributed by atoms with Gasteiger partial charge in [-0.15, -0.1) is 0 Å². The summed E-state index contributed by atoms with van der Waals surface area (Å²) < 4.78 is 18.5. The molecule has 0 amide bonds. The quantitative estimate of drug-likeness (QED) is 0.607. The second-order valence-electron chi connectivity index (χ2n) is 5.50. The van der Waals surface area contributed by atoms with E-state index in [0.29, 0.717) is 12.6 Å². The van der Waals surface area contributed by atoms with Gasteiger partial charge in [0.1, 0.15) is 11.6 Å². The van der Waals surface area contributed by atoms with Crippen LogP contribution in [-0.4, -0.2) is 18.5 Å². The standard InChI is InChI=1S/C18H24FN3O/c1-3-14(2)22-18(20-10-9-17-8-5-11-23-17)21-13-15-6-4-7-16(19)12-15/h4-8,11-12,14H,3,9-10,13H2,1-2H3,(H2,20,21,22). The summed E-state index contributed by atoms with van der Waals surface area (Å²) in [4.78, 5) is 4.54. The molecule has 0 bridgehead atoms. The lowest BCUT2D eigenvalue weighted by atomic mass is 10.2. The third kappa shape index (κ3) is 6.14. The third-order valence-corrected chi connectivity index (χ3v) is 3.55. The van der Waals surface area contributed by atoms with Crippen molar-refractivity contribution in [1.82, 2.24) is 10.6 Å². The van der Waals surface area contributed by atoms with Crippen LogP contribution in [0.2, 0.25) is 0 Å². The molecule has 23 heavy (non-hydrogen) atoms. The van der Waals surface area contributed by atoms with Gasteiger partial charge in [-0.2, -0.15) is 0 Å². The minimum absolute atomic E-state index is 0.236. The monoisotopic (exact) mass is 317 g/mol. The van der Waals surface area contributed by atoms with Crippen molar-refractivity contribution < 1.29 is 8.81 Å². The molecule has 5 heteroatoms. The SMILES string of the molecule is CCC(C)NC(=NCc1cccc(F)c1)NCCc1ccco1. The van der Waals surface area contributed by atoms with Crippen molar-refractivity contribution in [3.63, 3.8) is 0 Å². The zero-order valence-corrected chi connectivity index (χ0v) is 13.7. The predicted octanol–water partition coefficient (Wildman–Crippen LogP) is 3.50. The topological polar surface area (TPSA) is 49.6 Å². The summed E-state index contributed by atoms with van der Waals surface area (Å²) in [7, 11) is 0. The van der Waals surface area contributed by atoms with Crippen LogP contribution in [0.15, 0.2) is 52.1 Å². The highest BCUT2D eigenvalue weighted by Gasteiger charge is 2.04. The molecule has 1 atom stereocenters. The van der Waals surface area contributed by atoms with Gasteiger partial charge in [0.05, 0.1) is 12.8 Å². The van der Waals surface area contributed by atoms with Gasteiger partial charge in [-0.3, -0.25) is 0 Å². The van der Waals surface area contributed by atoms with Gasteiger partial charge < -0.3 is 15.1 Å². The second-order valence-corrected chi connectivity index (χ2v) is 5.50. The van der Waals surface area contributed by atoms with Crippen LogP contribution in [0.25, 0.3) is 0 Å². The molecular formula is C18H24FN3O. The predicted molar refractivity (Wildman–Crippen MR) is 90.8 cm³/mol. The number of furan rings is 1. The van der Waals surface area contributed by atoms with Crippen molar-refractivity contribution in [1.29, 1.82) is 0 Å². The van der Waals surface area contributed by atoms with Gasteiger partial charge in [-0.1, -0.05) is 19.1 Å². The Kier molecular flexibility index (Phi) is 6.66. The van der Waals surface area contributed by atoms with Gasteiger partial charge >= 0.3 is 0 Å². The Labute approximate surface area is 136 Å². The Balaban J connectivity index is 1.93. The Hall–Kier alpha value is -2.30. The molecule has 0 spiro atoms. The minimum atomic E-state index is -0.236. The maximum Gasteiger partial charge on any atom is 0.191 e. The van der Waals surface area contributed by atoms with E-state index in [0.717, 1.165) is 36.7 Å². The van der Waals surface area contributed by atoms with Crippen LogP contribution in [0, 0.1) is 5.82 Å². The van der Waals surface area contributed by atoms with E-state index in [4.69, 9.17) is 4.42 Å². The van der Waals surface area contributed by atoms with E-state index in [9.17, 15) is 4.39 Å². The number of guanidine groups is 1. The molecule has 0 radical (unpaired) electrons. The highest BCUT2D eigenvalue weighted by molar-refractivity contribution is 5.80. The number of benzene rings is 1. The maximum atomic E-state index is 13.2. The third-order valence-electron chi connectivity index (χ3n) is 3.55. The highest BCUT2D eigenvalue weighted by Crippen LogP contribution is 2.05. The fourth-order valence-electron chi connectivity index (χ4n) is 2.05. The molecule has 2 rings (SSSR count). The minimum Gasteiger partial charge on any atom is -0.469 e. The fourth-order valence-corrected chi connectivity index (χ4v) is 2.05. The first kappa shape index (κ1) is 17.1. The first-order valence-electron chi connectivity index (χ1n) is 7.99. The lowest BCUT2D eigenvalue weighted by Crippen LogP contribution is -2.42. The summed E-state index contributed by atoms with van der Waals surface area (Å²) >= 11 is 0. The number of nitrogens with zero attached hydrogens (tertiary/aromatic N) is 1. The molecule has 1 aromatic heterocycles. The largest absolute Gasteiger partial charge is 0.469 e. The average molecular weight is 317 g/mol. The molecule has 0 fully saturated rings. The molecule has 124 valence electrons. The van der Waals surface area contributed by atoms with E-state index in [-0.39, 0.29) is 5.82 Å². The van der Waals surface area contributed by atoms with Crippen molar-refractivity contribution in [2.75, 3.05) is 6.54 Å². The Bertz CT molecular complexity index is 610. The van der Waals surface area contributed by atoms with Gasteiger partial charge in [0, 0.05) is 19.0 Å².